The van der Waals surface area contributed by atoms with Crippen molar-refractivity contribution < 1.29 is 49.0 Å². The minimum Gasteiger partial charge on any atom is -0.460 e. The number of benzene rings is 1. The van der Waals surface area contributed by atoms with E-state index in [9.17, 15) is 34.8 Å². The quantitative estimate of drug-likeness (QED) is 0.0768. The van der Waals surface area contributed by atoms with Crippen molar-refractivity contribution in [2.24, 2.45) is 35.5 Å². The smallest absolute Gasteiger partial charge is 0.408 e. The second kappa shape index (κ2) is 24.0. The molecular formula is C47H69NO10. The molecule has 1 aliphatic rings. The van der Waals surface area contributed by atoms with E-state index in [1.54, 1.807) is 94.5 Å². The van der Waals surface area contributed by atoms with Crippen LogP contribution in [0.1, 0.15) is 93.7 Å². The van der Waals surface area contributed by atoms with Crippen LogP contribution in [0.15, 0.2) is 103 Å². The molecule has 0 unspecified atom stereocenters. The van der Waals surface area contributed by atoms with Crippen molar-refractivity contribution in [1.82, 2.24) is 5.32 Å². The standard InChI is InChI=1S/C47H69NO10/c1-12-13-19-32(5)44-35(8)42(52)34(7)27-29(2)26-33(6)41(51)31(4)24-25-37(49)28-38(30(3)20-17-18-23-39(50)57-44)56-45(54)43(53)40(36-21-15-14-16-22-36)48-46(55)58-47(9,10)11/h12-26,30-35,37-38,40-44,49,51-53H,1,27-28H2,2-11H3,(H,48,55)/b19-13-,20-17+,23-18-,25-24-,29-26-/t30-,31+,32+,33+,34+,35+,37-,38+,40+,41+,42-,43-,44+/m1/s1. The molecule has 0 aliphatic carbocycles. The molecule has 1 aliphatic heterocycles. The van der Waals surface area contributed by atoms with Gasteiger partial charge in [0.05, 0.1) is 24.4 Å². The number of aliphatic hydroxyl groups is 4. The first-order chi connectivity index (χ1) is 27.1. The molecule has 0 saturated carbocycles. The minimum atomic E-state index is -1.85. The molecule has 0 radical (unpaired) electrons. The fourth-order valence-corrected chi connectivity index (χ4v) is 7.06. The predicted octanol–water partition coefficient (Wildman–Crippen LogP) is 7.49. The van der Waals surface area contributed by atoms with Crippen molar-refractivity contribution in [3.63, 3.8) is 0 Å². The van der Waals surface area contributed by atoms with E-state index in [1.807, 2.05) is 53.7 Å². The lowest BCUT2D eigenvalue weighted by atomic mass is 9.81. The van der Waals surface area contributed by atoms with Crippen molar-refractivity contribution in [3.05, 3.63) is 109 Å². The summed E-state index contributed by atoms with van der Waals surface area (Å²) < 4.78 is 17.2. The monoisotopic (exact) mass is 807 g/mol. The lowest BCUT2D eigenvalue weighted by Crippen LogP contribution is -2.44. The third kappa shape index (κ3) is 16.9. The van der Waals surface area contributed by atoms with E-state index in [-0.39, 0.29) is 30.1 Å². The molecule has 1 heterocycles. The van der Waals surface area contributed by atoms with Gasteiger partial charge in [-0.05, 0) is 45.6 Å². The Morgan fingerprint density at radius 1 is 0.948 bits per heavy atom. The summed E-state index contributed by atoms with van der Waals surface area (Å²) in [4.78, 5) is 39.6. The summed E-state index contributed by atoms with van der Waals surface area (Å²) in [5.74, 6) is -3.65. The van der Waals surface area contributed by atoms with Gasteiger partial charge < -0.3 is 40.0 Å². The third-order valence-corrected chi connectivity index (χ3v) is 10.3. The van der Waals surface area contributed by atoms with Crippen LogP contribution in [0.2, 0.25) is 0 Å². The second-order valence-corrected chi connectivity index (χ2v) is 16.9. The molecule has 0 spiro atoms. The molecule has 13 atom stereocenters. The van der Waals surface area contributed by atoms with Crippen LogP contribution in [0, 0.1) is 35.5 Å². The first-order valence-corrected chi connectivity index (χ1v) is 20.3. The molecule has 322 valence electrons. The van der Waals surface area contributed by atoms with E-state index >= 15 is 0 Å². The summed E-state index contributed by atoms with van der Waals surface area (Å²) in [6, 6.07) is 7.24. The van der Waals surface area contributed by atoms with Crippen molar-refractivity contribution in [3.8, 4) is 0 Å². The average Bonchev–Trinajstić information content (AvgIpc) is 3.16. The van der Waals surface area contributed by atoms with Crippen LogP contribution in [0.25, 0.3) is 0 Å². The number of hydrogen-bond acceptors (Lipinski definition) is 10. The van der Waals surface area contributed by atoms with E-state index in [0.29, 0.717) is 12.0 Å². The molecular weight excluding hydrogens is 739 g/mol. The van der Waals surface area contributed by atoms with Crippen LogP contribution in [0.3, 0.4) is 0 Å². The normalized spacial score (nSPS) is 32.7. The molecule has 1 aromatic carbocycles. The highest BCUT2D eigenvalue weighted by Crippen LogP contribution is 2.30. The lowest BCUT2D eigenvalue weighted by molar-refractivity contribution is -0.163. The Morgan fingerprint density at radius 2 is 1.60 bits per heavy atom. The molecule has 0 fully saturated rings. The Bertz CT molecular complexity index is 1610. The molecule has 0 saturated heterocycles. The zero-order valence-corrected chi connectivity index (χ0v) is 36.0. The maximum Gasteiger partial charge on any atom is 0.408 e. The van der Waals surface area contributed by atoms with Crippen LogP contribution in [0.5, 0.6) is 0 Å². The summed E-state index contributed by atoms with van der Waals surface area (Å²) >= 11 is 0. The van der Waals surface area contributed by atoms with Crippen molar-refractivity contribution >= 4 is 18.0 Å². The maximum absolute atomic E-state index is 13.7. The van der Waals surface area contributed by atoms with Gasteiger partial charge in [0, 0.05) is 42.1 Å². The van der Waals surface area contributed by atoms with E-state index in [0.717, 1.165) is 5.57 Å². The predicted molar refractivity (Wildman–Crippen MR) is 227 cm³/mol. The number of carbonyl (C=O) groups is 3. The Labute approximate surface area is 346 Å². The van der Waals surface area contributed by atoms with Gasteiger partial charge >= 0.3 is 18.0 Å². The summed E-state index contributed by atoms with van der Waals surface area (Å²) in [6.07, 6.45) is 10.0. The zero-order valence-electron chi connectivity index (χ0n) is 36.0. The topological polar surface area (TPSA) is 172 Å². The van der Waals surface area contributed by atoms with Crippen LogP contribution < -0.4 is 5.32 Å². The van der Waals surface area contributed by atoms with Gasteiger partial charge in [-0.1, -0.05) is 139 Å². The van der Waals surface area contributed by atoms with Gasteiger partial charge in [-0.15, -0.1) is 0 Å². The first kappa shape index (κ1) is 49.9. The van der Waals surface area contributed by atoms with Gasteiger partial charge in [-0.25, -0.2) is 14.4 Å². The third-order valence-electron chi connectivity index (χ3n) is 10.3. The van der Waals surface area contributed by atoms with Gasteiger partial charge in [-0.3, -0.25) is 0 Å². The Hall–Kier alpha value is -4.29. The van der Waals surface area contributed by atoms with Gasteiger partial charge in [0.1, 0.15) is 17.8 Å². The number of alkyl carbamates (subject to hydrolysis) is 1. The van der Waals surface area contributed by atoms with Gasteiger partial charge in [0.25, 0.3) is 0 Å². The van der Waals surface area contributed by atoms with E-state index < -0.39 is 78.1 Å². The summed E-state index contributed by atoms with van der Waals surface area (Å²) in [5.41, 5.74) is 0.589. The lowest BCUT2D eigenvalue weighted by Gasteiger charge is -2.33. The molecule has 1 aromatic rings. The molecule has 0 bridgehead atoms. The number of rotatable bonds is 8. The van der Waals surface area contributed by atoms with Gasteiger partial charge in [0.15, 0.2) is 6.10 Å². The summed E-state index contributed by atoms with van der Waals surface area (Å²) in [6.45, 7) is 22.0. The molecule has 58 heavy (non-hydrogen) atoms. The van der Waals surface area contributed by atoms with Gasteiger partial charge in [-0.2, -0.15) is 0 Å². The molecule has 0 aromatic heterocycles. The average molecular weight is 808 g/mol. The number of amides is 1. The van der Waals surface area contributed by atoms with E-state index in [1.165, 1.54) is 12.2 Å². The minimum absolute atomic E-state index is 0.0744. The largest absolute Gasteiger partial charge is 0.460 e. The Kier molecular flexibility index (Phi) is 20.6. The molecule has 5 N–H and O–H groups in total. The fraction of sp³-hybridized carbons (Fsp3) is 0.553. The highest BCUT2D eigenvalue weighted by Gasteiger charge is 2.36. The number of allylic oxidation sites excluding steroid dienone is 5. The maximum atomic E-state index is 13.7. The highest BCUT2D eigenvalue weighted by molar-refractivity contribution is 5.82. The number of nitrogens with one attached hydrogen (secondary N) is 1. The number of hydrogen-bond donors (Lipinski definition) is 5. The van der Waals surface area contributed by atoms with E-state index in [2.05, 4.69) is 11.9 Å². The number of carbonyl (C=O) groups excluding carboxylic acids is 3. The number of cyclic esters (lactones) is 1. The number of aliphatic hydroxyl groups excluding tert-OH is 4. The van der Waals surface area contributed by atoms with Crippen LogP contribution in [0.4, 0.5) is 4.79 Å². The van der Waals surface area contributed by atoms with E-state index in [4.69, 9.17) is 14.2 Å². The summed E-state index contributed by atoms with van der Waals surface area (Å²) in [7, 11) is 0. The first-order valence-electron chi connectivity index (χ1n) is 20.3. The second-order valence-electron chi connectivity index (χ2n) is 16.9. The molecule has 1 amide bonds. The van der Waals surface area contributed by atoms with Crippen molar-refractivity contribution in [2.45, 2.75) is 130 Å². The highest BCUT2D eigenvalue weighted by atomic mass is 16.6. The zero-order chi connectivity index (χ0) is 43.7. The number of ether oxygens (including phenoxy) is 3. The van der Waals surface area contributed by atoms with Crippen LogP contribution in [-0.4, -0.2) is 80.7 Å². The Balaban J connectivity index is 2.51. The molecule has 11 nitrogen and oxygen atoms in total. The summed E-state index contributed by atoms with van der Waals surface area (Å²) in [5, 5.41) is 47.8. The fourth-order valence-electron chi connectivity index (χ4n) is 7.06. The van der Waals surface area contributed by atoms with Crippen LogP contribution >= 0.6 is 0 Å². The number of esters is 2. The SMILES string of the molecule is C=C/C=C\[C@H](C)[C@@H]1OC(=O)/C=C\C=C\[C@@H](C)[C@@H](OC(=O)[C@H](O)[C@@H](NC(=O)OC(C)(C)C)c2ccccc2)C[C@H](O)/C=C\[C@H](C)[C@H](O)[C@@H](C)/C=C(/C)C[C@H](C)[C@@H](O)[C@@H]1C. The van der Waals surface area contributed by atoms with Crippen LogP contribution in [-0.2, 0) is 23.8 Å². The molecule has 11 heteroatoms. The van der Waals surface area contributed by atoms with Crippen molar-refractivity contribution in [2.75, 3.05) is 0 Å². The Morgan fingerprint density at radius 3 is 2.22 bits per heavy atom. The van der Waals surface area contributed by atoms with Crippen molar-refractivity contribution in [1.29, 1.82) is 0 Å². The molecule has 2 rings (SSSR count). The van der Waals surface area contributed by atoms with Gasteiger partial charge in [0.2, 0.25) is 0 Å².